The number of fused-ring (bicyclic) bond motifs is 1. The molecule has 0 amide bonds. The molecule has 2 rings (SSSR count). The van der Waals surface area contributed by atoms with Gasteiger partial charge in [0.25, 0.3) is 0 Å². The molecule has 82 valence electrons. The minimum absolute atomic E-state index is 0.00153. The first kappa shape index (κ1) is 10.5. The van der Waals surface area contributed by atoms with Crippen molar-refractivity contribution in [3.05, 3.63) is 29.6 Å². The van der Waals surface area contributed by atoms with Crippen LogP contribution in [0.4, 0.5) is 4.39 Å². The van der Waals surface area contributed by atoms with E-state index in [0.29, 0.717) is 12.2 Å². The summed E-state index contributed by atoms with van der Waals surface area (Å²) in [5.74, 6) is 0.549. The van der Waals surface area contributed by atoms with E-state index < -0.39 is 0 Å². The van der Waals surface area contributed by atoms with E-state index in [2.05, 4.69) is 20.8 Å². The molecule has 1 nitrogen and oxygen atoms in total. The summed E-state index contributed by atoms with van der Waals surface area (Å²) < 4.78 is 19.4. The van der Waals surface area contributed by atoms with E-state index in [1.807, 2.05) is 13.0 Å². The summed E-state index contributed by atoms with van der Waals surface area (Å²) in [6.07, 6.45) is 0.651. The van der Waals surface area contributed by atoms with Crippen molar-refractivity contribution in [1.29, 1.82) is 0 Å². The van der Waals surface area contributed by atoms with Crippen molar-refractivity contribution < 1.29 is 9.13 Å². The fourth-order valence-corrected chi connectivity index (χ4v) is 1.84. The van der Waals surface area contributed by atoms with E-state index in [1.165, 1.54) is 6.07 Å². The minimum atomic E-state index is -0.308. The van der Waals surface area contributed by atoms with Crippen molar-refractivity contribution in [1.82, 2.24) is 0 Å². The largest absolute Gasteiger partial charge is 0.486 e. The maximum Gasteiger partial charge on any atom is 0.130 e. The highest BCUT2D eigenvalue weighted by molar-refractivity contribution is 5.40. The summed E-state index contributed by atoms with van der Waals surface area (Å²) in [4.78, 5) is 0. The molecular weight excluding hydrogens is 191 g/mol. The lowest BCUT2D eigenvalue weighted by Crippen LogP contribution is -2.44. The molecule has 1 unspecified atom stereocenters. The SMILES string of the molecule is CC(C)(C)C1(C)Cc2c(F)cccc2O1. The second-order valence-electron chi connectivity index (χ2n) is 5.48. The van der Waals surface area contributed by atoms with Crippen LogP contribution in [0, 0.1) is 11.2 Å². The van der Waals surface area contributed by atoms with E-state index in [1.54, 1.807) is 6.07 Å². The molecule has 15 heavy (non-hydrogen) atoms. The molecule has 0 radical (unpaired) electrons. The van der Waals surface area contributed by atoms with Gasteiger partial charge in [-0.1, -0.05) is 26.8 Å². The Labute approximate surface area is 90.3 Å². The third kappa shape index (κ3) is 1.52. The van der Waals surface area contributed by atoms with Gasteiger partial charge in [-0.15, -0.1) is 0 Å². The average molecular weight is 208 g/mol. The molecule has 0 saturated carbocycles. The normalized spacial score (nSPS) is 24.9. The predicted octanol–water partition coefficient (Wildman–Crippen LogP) is 3.57. The molecular formula is C13H17FO. The molecule has 0 spiro atoms. The summed E-state index contributed by atoms with van der Waals surface area (Å²) in [6.45, 7) is 8.41. The fourth-order valence-electron chi connectivity index (χ4n) is 1.84. The van der Waals surface area contributed by atoms with Gasteiger partial charge in [-0.3, -0.25) is 0 Å². The van der Waals surface area contributed by atoms with E-state index >= 15 is 0 Å². The maximum atomic E-state index is 13.5. The average Bonchev–Trinajstić information content (AvgIpc) is 2.43. The third-order valence-corrected chi connectivity index (χ3v) is 3.51. The first-order valence-electron chi connectivity index (χ1n) is 5.30. The van der Waals surface area contributed by atoms with Crippen molar-refractivity contribution >= 4 is 0 Å². The first-order valence-corrected chi connectivity index (χ1v) is 5.30. The van der Waals surface area contributed by atoms with Crippen molar-refractivity contribution in [3.8, 4) is 5.75 Å². The van der Waals surface area contributed by atoms with E-state index in [9.17, 15) is 4.39 Å². The number of hydrogen-bond donors (Lipinski definition) is 0. The van der Waals surface area contributed by atoms with Gasteiger partial charge in [0, 0.05) is 17.4 Å². The highest BCUT2D eigenvalue weighted by atomic mass is 19.1. The topological polar surface area (TPSA) is 9.23 Å². The summed E-state index contributed by atoms with van der Waals surface area (Å²) in [5.41, 5.74) is 0.408. The van der Waals surface area contributed by atoms with E-state index in [-0.39, 0.29) is 16.8 Å². The van der Waals surface area contributed by atoms with E-state index in [4.69, 9.17) is 4.74 Å². The molecule has 1 aliphatic heterocycles. The quantitative estimate of drug-likeness (QED) is 0.633. The first-order chi connectivity index (χ1) is 6.83. The molecule has 1 heterocycles. The van der Waals surface area contributed by atoms with Gasteiger partial charge in [-0.05, 0) is 19.1 Å². The predicted molar refractivity (Wildman–Crippen MR) is 58.6 cm³/mol. The molecule has 1 atom stereocenters. The van der Waals surface area contributed by atoms with Gasteiger partial charge in [-0.2, -0.15) is 0 Å². The van der Waals surface area contributed by atoms with Crippen LogP contribution in [0.1, 0.15) is 33.3 Å². The van der Waals surface area contributed by atoms with Gasteiger partial charge in [0.15, 0.2) is 0 Å². The molecule has 0 saturated heterocycles. The van der Waals surface area contributed by atoms with Crippen molar-refractivity contribution in [2.45, 2.75) is 39.7 Å². The van der Waals surface area contributed by atoms with Crippen molar-refractivity contribution in [3.63, 3.8) is 0 Å². The lowest BCUT2D eigenvalue weighted by molar-refractivity contribution is 0.00347. The van der Waals surface area contributed by atoms with Crippen LogP contribution in [0.25, 0.3) is 0 Å². The van der Waals surface area contributed by atoms with E-state index in [0.717, 1.165) is 5.56 Å². The zero-order chi connectivity index (χ0) is 11.3. The Bertz CT molecular complexity index is 392. The van der Waals surface area contributed by atoms with Crippen LogP contribution in [0.2, 0.25) is 0 Å². The number of hydrogen-bond acceptors (Lipinski definition) is 1. The fraction of sp³-hybridized carbons (Fsp3) is 0.538. The highest BCUT2D eigenvalue weighted by Gasteiger charge is 2.45. The zero-order valence-corrected chi connectivity index (χ0v) is 9.73. The standard InChI is InChI=1S/C13H17FO/c1-12(2,3)13(4)8-9-10(14)6-5-7-11(9)15-13/h5-7H,8H2,1-4H3. The molecule has 0 fully saturated rings. The van der Waals surface area contributed by atoms with Gasteiger partial charge >= 0.3 is 0 Å². The maximum absolute atomic E-state index is 13.5. The smallest absolute Gasteiger partial charge is 0.130 e. The van der Waals surface area contributed by atoms with Gasteiger partial charge in [-0.25, -0.2) is 4.39 Å². The van der Waals surface area contributed by atoms with Crippen LogP contribution in [0.3, 0.4) is 0 Å². The molecule has 1 aromatic rings. The van der Waals surface area contributed by atoms with Gasteiger partial charge in [0.1, 0.15) is 17.2 Å². The molecule has 0 aliphatic carbocycles. The lowest BCUT2D eigenvalue weighted by Gasteiger charge is -2.37. The Hall–Kier alpha value is -1.05. The summed E-state index contributed by atoms with van der Waals surface area (Å²) in [7, 11) is 0. The molecule has 1 aliphatic rings. The van der Waals surface area contributed by atoms with Crippen LogP contribution >= 0.6 is 0 Å². The minimum Gasteiger partial charge on any atom is -0.486 e. The molecule has 0 N–H and O–H groups in total. The Morgan fingerprint density at radius 1 is 1.33 bits per heavy atom. The number of rotatable bonds is 0. The molecule has 1 aromatic carbocycles. The lowest BCUT2D eigenvalue weighted by atomic mass is 9.75. The summed E-state index contributed by atoms with van der Waals surface area (Å²) >= 11 is 0. The van der Waals surface area contributed by atoms with Gasteiger partial charge in [0.05, 0.1) is 0 Å². The second kappa shape index (κ2) is 2.97. The molecule has 2 heteroatoms. The highest BCUT2D eigenvalue weighted by Crippen LogP contribution is 2.45. The molecule has 0 bridgehead atoms. The molecule has 0 aromatic heterocycles. The number of halogens is 1. The Morgan fingerprint density at radius 2 is 2.00 bits per heavy atom. The van der Waals surface area contributed by atoms with Crippen LogP contribution in [-0.2, 0) is 6.42 Å². The van der Waals surface area contributed by atoms with Crippen molar-refractivity contribution in [2.24, 2.45) is 5.41 Å². The zero-order valence-electron chi connectivity index (χ0n) is 9.73. The Morgan fingerprint density at radius 3 is 2.53 bits per heavy atom. The van der Waals surface area contributed by atoms with Crippen LogP contribution < -0.4 is 4.74 Å². The third-order valence-electron chi connectivity index (χ3n) is 3.51. The summed E-state index contributed by atoms with van der Waals surface area (Å²) in [6, 6.07) is 5.04. The summed E-state index contributed by atoms with van der Waals surface area (Å²) in [5, 5.41) is 0. The monoisotopic (exact) mass is 208 g/mol. The van der Waals surface area contributed by atoms with Crippen LogP contribution in [0.5, 0.6) is 5.75 Å². The van der Waals surface area contributed by atoms with Crippen LogP contribution in [0.15, 0.2) is 18.2 Å². The number of ether oxygens (including phenoxy) is 1. The van der Waals surface area contributed by atoms with Gasteiger partial charge in [0.2, 0.25) is 0 Å². The Kier molecular flexibility index (Phi) is 2.07. The van der Waals surface area contributed by atoms with Crippen LogP contribution in [-0.4, -0.2) is 5.60 Å². The number of benzene rings is 1. The van der Waals surface area contributed by atoms with Gasteiger partial charge < -0.3 is 4.74 Å². The second-order valence-corrected chi connectivity index (χ2v) is 5.48. The van der Waals surface area contributed by atoms with Crippen molar-refractivity contribution in [2.75, 3.05) is 0 Å². The Balaban J connectivity index is 2.42.